The Morgan fingerprint density at radius 2 is 1.55 bits per heavy atom. The van der Waals surface area contributed by atoms with Crippen LogP contribution in [0.25, 0.3) is 0 Å². The molecule has 0 aromatic heterocycles. The van der Waals surface area contributed by atoms with Crippen LogP contribution in [0.1, 0.15) is 97.8 Å². The number of ketones is 2. The average molecular weight is 531 g/mol. The molecular weight excluding hydrogens is 484 g/mol. The van der Waals surface area contributed by atoms with E-state index in [4.69, 9.17) is 5.73 Å². The number of fused-ring (bicyclic) bond motifs is 1. The van der Waals surface area contributed by atoms with Gasteiger partial charge in [-0.15, -0.1) is 0 Å². The molecule has 4 rings (SSSR count). The highest BCUT2D eigenvalue weighted by atomic mass is 16.2. The number of hydrogen-bond acceptors (Lipinski definition) is 5. The number of rotatable bonds is 10. The van der Waals surface area contributed by atoms with Crippen molar-refractivity contribution in [3.63, 3.8) is 0 Å². The van der Waals surface area contributed by atoms with E-state index in [0.29, 0.717) is 31.6 Å². The fourth-order valence-corrected chi connectivity index (χ4v) is 6.86. The molecule has 4 saturated carbocycles. The van der Waals surface area contributed by atoms with Crippen molar-refractivity contribution >= 4 is 29.4 Å². The van der Waals surface area contributed by atoms with Crippen LogP contribution in [-0.4, -0.2) is 47.5 Å². The van der Waals surface area contributed by atoms with Crippen molar-refractivity contribution in [2.75, 3.05) is 0 Å². The van der Waals surface area contributed by atoms with Crippen molar-refractivity contribution in [3.05, 3.63) is 0 Å². The van der Waals surface area contributed by atoms with Crippen LogP contribution < -0.4 is 21.7 Å². The Morgan fingerprint density at radius 1 is 0.868 bits per heavy atom. The lowest BCUT2D eigenvalue weighted by atomic mass is 9.77. The van der Waals surface area contributed by atoms with Gasteiger partial charge in [0.15, 0.2) is 5.78 Å². The molecule has 4 aliphatic carbocycles. The van der Waals surface area contributed by atoms with Crippen molar-refractivity contribution in [1.29, 1.82) is 0 Å². The zero-order valence-corrected chi connectivity index (χ0v) is 23.2. The topological polar surface area (TPSA) is 147 Å². The van der Waals surface area contributed by atoms with Crippen LogP contribution in [-0.2, 0) is 19.2 Å². The van der Waals surface area contributed by atoms with E-state index in [9.17, 15) is 24.0 Å². The molecule has 0 aromatic rings. The van der Waals surface area contributed by atoms with Gasteiger partial charge in [-0.2, -0.15) is 0 Å². The molecule has 9 heteroatoms. The zero-order chi connectivity index (χ0) is 27.6. The largest absolute Gasteiger partial charge is 0.352 e. The number of Topliss-reactive ketones (excluding diaryl/α,β-unsaturated/α-hetero) is 2. The third kappa shape index (κ3) is 6.94. The Morgan fingerprint density at radius 3 is 2.13 bits per heavy atom. The van der Waals surface area contributed by atoms with Crippen LogP contribution in [0.4, 0.5) is 4.79 Å². The van der Waals surface area contributed by atoms with Crippen molar-refractivity contribution in [1.82, 2.24) is 16.0 Å². The van der Waals surface area contributed by atoms with Crippen LogP contribution in [0, 0.1) is 35.0 Å². The minimum Gasteiger partial charge on any atom is -0.352 e. The SMILES string of the molecule is CC(C)(C)[C@H](NC(N)=O)C(=O)C1CC[C@H](C(=O)NC(CC2CCC2)C(=O)C(=O)NC2CC2)[C@H]2CCC[C@H]2C1. The number of carbonyl (C=O) groups is 5. The lowest BCUT2D eigenvalue weighted by Gasteiger charge is -2.33. The van der Waals surface area contributed by atoms with Crippen LogP contribution in [0.2, 0.25) is 0 Å². The molecule has 4 aliphatic rings. The maximum atomic E-state index is 13.7. The molecule has 212 valence electrons. The second-order valence-electron chi connectivity index (χ2n) is 13.4. The first kappa shape index (κ1) is 28.6. The summed E-state index contributed by atoms with van der Waals surface area (Å²) >= 11 is 0. The molecule has 6 atom stereocenters. The van der Waals surface area contributed by atoms with E-state index in [2.05, 4.69) is 16.0 Å². The highest BCUT2D eigenvalue weighted by Crippen LogP contribution is 2.47. The van der Waals surface area contributed by atoms with Gasteiger partial charge in [0.1, 0.15) is 0 Å². The summed E-state index contributed by atoms with van der Waals surface area (Å²) in [6, 6.07) is -2.11. The number of amides is 4. The molecule has 0 heterocycles. The van der Waals surface area contributed by atoms with E-state index < -0.39 is 35.2 Å². The maximum absolute atomic E-state index is 13.7. The van der Waals surface area contributed by atoms with E-state index in [0.717, 1.165) is 51.4 Å². The van der Waals surface area contributed by atoms with E-state index >= 15 is 0 Å². The highest BCUT2D eigenvalue weighted by Gasteiger charge is 2.46. The Bertz CT molecular complexity index is 936. The fourth-order valence-electron chi connectivity index (χ4n) is 6.86. The first-order valence-electron chi connectivity index (χ1n) is 14.7. The molecule has 5 N–H and O–H groups in total. The number of nitrogens with two attached hydrogens (primary N) is 1. The highest BCUT2D eigenvalue weighted by molar-refractivity contribution is 6.38. The third-order valence-corrected chi connectivity index (χ3v) is 9.39. The molecule has 38 heavy (non-hydrogen) atoms. The van der Waals surface area contributed by atoms with Crippen molar-refractivity contribution in [3.8, 4) is 0 Å². The van der Waals surface area contributed by atoms with Gasteiger partial charge in [0.05, 0.1) is 12.1 Å². The summed E-state index contributed by atoms with van der Waals surface area (Å²) in [6.45, 7) is 5.74. The Hall–Kier alpha value is -2.45. The van der Waals surface area contributed by atoms with Crippen LogP contribution >= 0.6 is 0 Å². The number of primary amides is 1. The summed E-state index contributed by atoms with van der Waals surface area (Å²) in [6.07, 6.45) is 10.2. The zero-order valence-electron chi connectivity index (χ0n) is 23.2. The summed E-state index contributed by atoms with van der Waals surface area (Å²) in [4.78, 5) is 64.7. The normalized spacial score (nSPS) is 29.1. The van der Waals surface area contributed by atoms with Gasteiger partial charge < -0.3 is 21.7 Å². The summed E-state index contributed by atoms with van der Waals surface area (Å²) in [5.41, 5.74) is 4.91. The lowest BCUT2D eigenvalue weighted by molar-refractivity contribution is -0.141. The van der Waals surface area contributed by atoms with Gasteiger partial charge in [-0.05, 0) is 68.1 Å². The van der Waals surface area contributed by atoms with E-state index in [1.165, 1.54) is 0 Å². The number of carbonyl (C=O) groups excluding carboxylic acids is 5. The second-order valence-corrected chi connectivity index (χ2v) is 13.4. The molecule has 0 spiro atoms. The third-order valence-electron chi connectivity index (χ3n) is 9.39. The molecule has 0 aliphatic heterocycles. The smallest absolute Gasteiger partial charge is 0.312 e. The van der Waals surface area contributed by atoms with Crippen LogP contribution in [0.15, 0.2) is 0 Å². The van der Waals surface area contributed by atoms with Gasteiger partial charge in [-0.3, -0.25) is 19.2 Å². The molecule has 2 unspecified atom stereocenters. The Balaban J connectivity index is 1.46. The summed E-state index contributed by atoms with van der Waals surface area (Å²) in [5, 5.41) is 8.45. The minimum atomic E-state index is -0.794. The van der Waals surface area contributed by atoms with Gasteiger partial charge in [0.2, 0.25) is 11.7 Å². The molecule has 0 aromatic carbocycles. The van der Waals surface area contributed by atoms with Crippen LogP contribution in [0.5, 0.6) is 0 Å². The summed E-state index contributed by atoms with van der Waals surface area (Å²) in [7, 11) is 0. The first-order chi connectivity index (χ1) is 17.9. The monoisotopic (exact) mass is 530 g/mol. The van der Waals surface area contributed by atoms with Gasteiger partial charge in [0, 0.05) is 17.9 Å². The van der Waals surface area contributed by atoms with E-state index in [1.807, 2.05) is 20.8 Å². The van der Waals surface area contributed by atoms with E-state index in [1.54, 1.807) is 0 Å². The molecule has 0 saturated heterocycles. The first-order valence-corrected chi connectivity index (χ1v) is 14.7. The standard InChI is InChI=1S/C29H46N4O5/c1-29(2,3)25(33-28(30)38)23(34)18-10-13-21(20-9-5-8-17(20)15-18)26(36)32-22(14-16-6-4-7-16)24(35)27(37)31-19-11-12-19/h16-22,25H,4-15H2,1-3H3,(H,31,37)(H,32,36)(H3,30,33,38)/t17-,18?,20-,21-,22?,25+/m0/s1. The molecule has 0 radical (unpaired) electrons. The molecular formula is C29H46N4O5. The summed E-state index contributed by atoms with van der Waals surface area (Å²) < 4.78 is 0. The average Bonchev–Trinajstić information content (AvgIpc) is 3.55. The van der Waals surface area contributed by atoms with Gasteiger partial charge in [-0.25, -0.2) is 4.79 Å². The van der Waals surface area contributed by atoms with E-state index in [-0.39, 0.29) is 41.4 Å². The molecule has 4 fully saturated rings. The van der Waals surface area contributed by atoms with Crippen LogP contribution in [0.3, 0.4) is 0 Å². The number of urea groups is 1. The van der Waals surface area contributed by atoms with Crippen molar-refractivity contribution in [2.45, 2.75) is 116 Å². The number of hydrogen-bond donors (Lipinski definition) is 4. The Kier molecular flexibility index (Phi) is 8.82. The Labute approximate surface area is 226 Å². The quantitative estimate of drug-likeness (QED) is 0.321. The second kappa shape index (κ2) is 11.7. The lowest BCUT2D eigenvalue weighted by Crippen LogP contribution is -2.52. The molecule has 9 nitrogen and oxygen atoms in total. The van der Waals surface area contributed by atoms with Gasteiger partial charge in [0.25, 0.3) is 5.91 Å². The van der Waals surface area contributed by atoms with Gasteiger partial charge in [-0.1, -0.05) is 52.9 Å². The summed E-state index contributed by atoms with van der Waals surface area (Å²) in [5.74, 6) is -1.08. The van der Waals surface area contributed by atoms with Crippen molar-refractivity contribution in [2.24, 2.45) is 40.7 Å². The predicted octanol–water partition coefficient (Wildman–Crippen LogP) is 2.99. The molecule has 4 amide bonds. The minimum absolute atomic E-state index is 0.0159. The van der Waals surface area contributed by atoms with Crippen molar-refractivity contribution < 1.29 is 24.0 Å². The molecule has 0 bridgehead atoms. The number of nitrogens with one attached hydrogen (secondary N) is 3. The maximum Gasteiger partial charge on any atom is 0.312 e. The fraction of sp³-hybridized carbons (Fsp3) is 0.828. The van der Waals surface area contributed by atoms with Gasteiger partial charge >= 0.3 is 6.03 Å². The predicted molar refractivity (Wildman–Crippen MR) is 143 cm³/mol.